The van der Waals surface area contributed by atoms with Gasteiger partial charge in [-0.25, -0.2) is 0 Å². The second-order valence-corrected chi connectivity index (χ2v) is 4.77. The molecule has 1 fully saturated rings. The first-order valence-electron chi connectivity index (χ1n) is 6.07. The highest BCUT2D eigenvalue weighted by atomic mass is 16.5. The van der Waals surface area contributed by atoms with Crippen LogP contribution in [0.4, 0.5) is 0 Å². The lowest BCUT2D eigenvalue weighted by Crippen LogP contribution is -2.12. The van der Waals surface area contributed by atoms with E-state index >= 15 is 0 Å². The molecule has 0 aliphatic heterocycles. The molecule has 1 aliphatic rings. The van der Waals surface area contributed by atoms with E-state index in [2.05, 4.69) is 0 Å². The minimum absolute atomic E-state index is 0.429. The topological polar surface area (TPSA) is 47.9 Å². The van der Waals surface area contributed by atoms with Crippen molar-refractivity contribution < 1.29 is 19.3 Å². The van der Waals surface area contributed by atoms with Crippen molar-refractivity contribution in [3.05, 3.63) is 23.3 Å². The van der Waals surface area contributed by atoms with Gasteiger partial charge in [-0.3, -0.25) is 0 Å². The van der Waals surface area contributed by atoms with Gasteiger partial charge in [0, 0.05) is 13.5 Å². The van der Waals surface area contributed by atoms with Gasteiger partial charge in [0.1, 0.15) is 11.5 Å². The molecule has 0 spiro atoms. The van der Waals surface area contributed by atoms with Crippen LogP contribution in [0.1, 0.15) is 24.0 Å². The summed E-state index contributed by atoms with van der Waals surface area (Å²) in [6, 6.07) is 3.85. The van der Waals surface area contributed by atoms with Crippen molar-refractivity contribution in [1.29, 1.82) is 0 Å². The Morgan fingerprint density at radius 2 is 1.89 bits per heavy atom. The van der Waals surface area contributed by atoms with Crippen molar-refractivity contribution in [3.8, 4) is 11.5 Å². The lowest BCUT2D eigenvalue weighted by Gasteiger charge is -2.18. The predicted octanol–water partition coefficient (Wildman–Crippen LogP) is 1.92. The Morgan fingerprint density at radius 1 is 1.17 bits per heavy atom. The van der Waals surface area contributed by atoms with Gasteiger partial charge in [-0.05, 0) is 24.5 Å². The average Bonchev–Trinajstić information content (AvgIpc) is 3.08. The van der Waals surface area contributed by atoms with E-state index in [1.54, 1.807) is 21.3 Å². The molecule has 1 saturated carbocycles. The second-order valence-electron chi connectivity index (χ2n) is 4.77. The van der Waals surface area contributed by atoms with E-state index in [-0.39, 0.29) is 0 Å². The van der Waals surface area contributed by atoms with Crippen LogP contribution in [0.15, 0.2) is 12.1 Å². The third-order valence-corrected chi connectivity index (χ3v) is 3.36. The molecule has 0 amide bonds. The molecule has 2 rings (SSSR count). The van der Waals surface area contributed by atoms with Gasteiger partial charge in [0.25, 0.3) is 0 Å². The lowest BCUT2D eigenvalue weighted by molar-refractivity contribution is 0.149. The van der Waals surface area contributed by atoms with Crippen molar-refractivity contribution in [2.45, 2.75) is 31.5 Å². The molecule has 0 atom stereocenters. The Morgan fingerprint density at radius 3 is 2.39 bits per heavy atom. The summed E-state index contributed by atoms with van der Waals surface area (Å²) >= 11 is 0. The molecule has 18 heavy (non-hydrogen) atoms. The third-order valence-electron chi connectivity index (χ3n) is 3.36. The monoisotopic (exact) mass is 252 g/mol. The summed E-state index contributed by atoms with van der Waals surface area (Å²) in [7, 11) is 4.90. The SMILES string of the molecule is COCc1c(OC)ccc(CC2(O)CC2)c1OC. The Bertz CT molecular complexity index is 424. The zero-order chi connectivity index (χ0) is 13.2. The van der Waals surface area contributed by atoms with Crippen LogP contribution < -0.4 is 9.47 Å². The van der Waals surface area contributed by atoms with Gasteiger partial charge in [0.05, 0.1) is 32.0 Å². The van der Waals surface area contributed by atoms with E-state index < -0.39 is 5.60 Å². The van der Waals surface area contributed by atoms with Crippen molar-refractivity contribution in [3.63, 3.8) is 0 Å². The van der Waals surface area contributed by atoms with E-state index in [0.29, 0.717) is 13.0 Å². The number of hydrogen-bond acceptors (Lipinski definition) is 4. The first-order valence-corrected chi connectivity index (χ1v) is 6.07. The molecule has 0 bridgehead atoms. The van der Waals surface area contributed by atoms with Gasteiger partial charge in [0.15, 0.2) is 0 Å². The smallest absolute Gasteiger partial charge is 0.131 e. The fourth-order valence-corrected chi connectivity index (χ4v) is 2.20. The van der Waals surface area contributed by atoms with Gasteiger partial charge < -0.3 is 19.3 Å². The standard InChI is InChI=1S/C14H20O4/c1-16-9-11-12(17-2)5-4-10(13(11)18-3)8-14(15)6-7-14/h4-5,15H,6-9H2,1-3H3. The van der Waals surface area contributed by atoms with E-state index in [9.17, 15) is 5.11 Å². The van der Waals surface area contributed by atoms with Gasteiger partial charge >= 0.3 is 0 Å². The van der Waals surface area contributed by atoms with E-state index in [1.165, 1.54) is 0 Å². The van der Waals surface area contributed by atoms with E-state index in [4.69, 9.17) is 14.2 Å². The minimum Gasteiger partial charge on any atom is -0.496 e. The van der Waals surface area contributed by atoms with Crippen LogP contribution in [0.2, 0.25) is 0 Å². The molecule has 0 radical (unpaired) electrons. The zero-order valence-corrected chi connectivity index (χ0v) is 11.2. The maximum absolute atomic E-state index is 10.0. The first kappa shape index (κ1) is 13.2. The van der Waals surface area contributed by atoms with Crippen LogP contribution in [0.5, 0.6) is 11.5 Å². The van der Waals surface area contributed by atoms with Crippen LogP contribution in [-0.4, -0.2) is 32.0 Å². The Labute approximate surface area is 107 Å². The summed E-state index contributed by atoms with van der Waals surface area (Å²) < 4.78 is 16.0. The molecule has 0 unspecified atom stereocenters. The Balaban J connectivity index is 2.37. The number of hydrogen-bond donors (Lipinski definition) is 1. The summed E-state index contributed by atoms with van der Waals surface area (Å²) in [6.45, 7) is 0.429. The summed E-state index contributed by atoms with van der Waals surface area (Å²) in [5.41, 5.74) is 1.36. The zero-order valence-electron chi connectivity index (χ0n) is 11.2. The summed E-state index contributed by atoms with van der Waals surface area (Å²) in [5.74, 6) is 1.51. The Hall–Kier alpha value is -1.26. The number of rotatable bonds is 6. The van der Waals surface area contributed by atoms with Crippen LogP contribution in [-0.2, 0) is 17.8 Å². The summed E-state index contributed by atoms with van der Waals surface area (Å²) in [5, 5.41) is 10.0. The molecule has 4 heteroatoms. The average molecular weight is 252 g/mol. The number of methoxy groups -OCH3 is 3. The van der Waals surface area contributed by atoms with Crippen LogP contribution in [0.3, 0.4) is 0 Å². The minimum atomic E-state index is -0.536. The maximum Gasteiger partial charge on any atom is 0.131 e. The highest BCUT2D eigenvalue weighted by molar-refractivity contribution is 5.50. The van der Waals surface area contributed by atoms with Gasteiger partial charge in [-0.2, -0.15) is 0 Å². The number of benzene rings is 1. The fourth-order valence-electron chi connectivity index (χ4n) is 2.20. The second kappa shape index (κ2) is 5.16. The first-order chi connectivity index (χ1) is 8.63. The summed E-state index contributed by atoms with van der Waals surface area (Å²) in [4.78, 5) is 0. The highest BCUT2D eigenvalue weighted by Crippen LogP contribution is 2.42. The van der Waals surface area contributed by atoms with Gasteiger partial charge in [-0.1, -0.05) is 6.07 Å². The van der Waals surface area contributed by atoms with E-state index in [0.717, 1.165) is 35.5 Å². The molecule has 0 heterocycles. The van der Waals surface area contributed by atoms with Crippen molar-refractivity contribution in [2.75, 3.05) is 21.3 Å². The fraction of sp³-hybridized carbons (Fsp3) is 0.571. The molecular formula is C14H20O4. The van der Waals surface area contributed by atoms with Crippen LogP contribution in [0, 0.1) is 0 Å². The molecular weight excluding hydrogens is 232 g/mol. The molecule has 0 aromatic heterocycles. The van der Waals surface area contributed by atoms with Gasteiger partial charge in [-0.15, -0.1) is 0 Å². The maximum atomic E-state index is 10.0. The molecule has 100 valence electrons. The highest BCUT2D eigenvalue weighted by Gasteiger charge is 2.41. The van der Waals surface area contributed by atoms with Crippen molar-refractivity contribution in [2.24, 2.45) is 0 Å². The molecule has 0 saturated heterocycles. The van der Waals surface area contributed by atoms with Crippen molar-refractivity contribution >= 4 is 0 Å². The van der Waals surface area contributed by atoms with Crippen molar-refractivity contribution in [1.82, 2.24) is 0 Å². The third kappa shape index (κ3) is 2.60. The molecule has 1 aromatic carbocycles. The number of aliphatic hydroxyl groups is 1. The quantitative estimate of drug-likeness (QED) is 0.840. The van der Waals surface area contributed by atoms with Gasteiger partial charge in [0.2, 0.25) is 0 Å². The van der Waals surface area contributed by atoms with Crippen LogP contribution in [0.25, 0.3) is 0 Å². The van der Waals surface area contributed by atoms with E-state index in [1.807, 2.05) is 12.1 Å². The predicted molar refractivity (Wildman–Crippen MR) is 68.1 cm³/mol. The molecule has 1 N–H and O–H groups in total. The lowest BCUT2D eigenvalue weighted by atomic mass is 10.0. The largest absolute Gasteiger partial charge is 0.496 e. The molecule has 1 aliphatic carbocycles. The number of ether oxygens (including phenoxy) is 3. The Kier molecular flexibility index (Phi) is 3.78. The summed E-state index contributed by atoms with van der Waals surface area (Å²) in [6.07, 6.45) is 2.35. The molecule has 1 aromatic rings. The molecule has 4 nitrogen and oxygen atoms in total. The van der Waals surface area contributed by atoms with Crippen LogP contribution >= 0.6 is 0 Å². The normalized spacial score (nSPS) is 16.4.